The monoisotopic (exact) mass is 412 g/mol. The van der Waals surface area contributed by atoms with E-state index in [1.165, 1.54) is 12.1 Å². The summed E-state index contributed by atoms with van der Waals surface area (Å²) in [6, 6.07) is 12.2. The van der Waals surface area contributed by atoms with Crippen LogP contribution in [-0.4, -0.2) is 19.5 Å². The molecule has 1 aliphatic rings. The summed E-state index contributed by atoms with van der Waals surface area (Å²) in [4.78, 5) is 13.1. The van der Waals surface area contributed by atoms with Crippen molar-refractivity contribution in [1.29, 1.82) is 5.26 Å². The average Bonchev–Trinajstić information content (AvgIpc) is 3.17. The molecule has 3 aromatic heterocycles. The Morgan fingerprint density at radius 1 is 1.19 bits per heavy atom. The first-order valence-electron chi connectivity index (χ1n) is 9.66. The van der Waals surface area contributed by atoms with Crippen molar-refractivity contribution in [3.63, 3.8) is 0 Å². The number of hydrogen-bond acceptors (Lipinski definition) is 6. The van der Waals surface area contributed by atoms with Crippen molar-refractivity contribution in [3.8, 4) is 34.2 Å². The van der Waals surface area contributed by atoms with E-state index >= 15 is 0 Å². The number of nitriles is 1. The smallest absolute Gasteiger partial charge is 0.166 e. The van der Waals surface area contributed by atoms with Crippen molar-refractivity contribution in [2.24, 2.45) is 0 Å². The average molecular weight is 412 g/mol. The van der Waals surface area contributed by atoms with Gasteiger partial charge in [-0.3, -0.25) is 4.98 Å². The summed E-state index contributed by atoms with van der Waals surface area (Å²) in [7, 11) is 0. The Morgan fingerprint density at radius 3 is 2.90 bits per heavy atom. The second kappa shape index (κ2) is 7.22. The Morgan fingerprint density at radius 2 is 2.06 bits per heavy atom. The van der Waals surface area contributed by atoms with E-state index in [-0.39, 0.29) is 17.3 Å². The van der Waals surface area contributed by atoms with Crippen LogP contribution in [0.15, 0.2) is 55.1 Å². The van der Waals surface area contributed by atoms with Gasteiger partial charge in [0, 0.05) is 29.1 Å². The third-order valence-electron chi connectivity index (χ3n) is 5.35. The van der Waals surface area contributed by atoms with E-state index in [9.17, 15) is 9.65 Å². The number of fused-ring (bicyclic) bond motifs is 7. The first-order valence-corrected chi connectivity index (χ1v) is 9.66. The van der Waals surface area contributed by atoms with Crippen LogP contribution in [0.2, 0.25) is 0 Å². The number of rotatable bonds is 0. The topological polar surface area (TPSA) is 103 Å². The zero-order valence-corrected chi connectivity index (χ0v) is 16.6. The molecule has 1 aliphatic heterocycles. The molecule has 0 fully saturated rings. The van der Waals surface area contributed by atoms with Gasteiger partial charge in [-0.2, -0.15) is 5.26 Å². The normalized spacial score (nSPS) is 14.7. The van der Waals surface area contributed by atoms with Crippen LogP contribution in [0.5, 0.6) is 5.75 Å². The number of pyridine rings is 2. The first kappa shape index (κ1) is 18.8. The van der Waals surface area contributed by atoms with Crippen LogP contribution in [0.25, 0.3) is 22.4 Å². The van der Waals surface area contributed by atoms with E-state index in [0.29, 0.717) is 29.1 Å². The molecule has 31 heavy (non-hydrogen) atoms. The zero-order chi connectivity index (χ0) is 21.5. The summed E-state index contributed by atoms with van der Waals surface area (Å²) in [6.07, 6.45) is 4.37. The highest BCUT2D eigenvalue weighted by atomic mass is 19.1. The Balaban J connectivity index is 1.83. The molecule has 4 aromatic rings. The molecule has 152 valence electrons. The maximum Gasteiger partial charge on any atom is 0.166 e. The zero-order valence-electron chi connectivity index (χ0n) is 16.6. The van der Waals surface area contributed by atoms with Crippen molar-refractivity contribution in [2.45, 2.75) is 19.6 Å². The molecule has 0 radical (unpaired) electrons. The lowest BCUT2D eigenvalue weighted by molar-refractivity contribution is 0.227. The minimum Gasteiger partial charge on any atom is -0.482 e. The van der Waals surface area contributed by atoms with Gasteiger partial charge in [0.1, 0.15) is 18.0 Å². The highest BCUT2D eigenvalue weighted by molar-refractivity contribution is 5.72. The lowest BCUT2D eigenvalue weighted by Crippen LogP contribution is -2.11. The molecule has 0 spiro atoms. The Bertz CT molecular complexity index is 1360. The van der Waals surface area contributed by atoms with Crippen LogP contribution in [0.4, 0.5) is 10.2 Å². The molecule has 0 unspecified atom stereocenters. The summed E-state index contributed by atoms with van der Waals surface area (Å²) in [6.45, 7) is 2.20. The third kappa shape index (κ3) is 3.16. The lowest BCUT2D eigenvalue weighted by atomic mass is 9.95. The number of ether oxygens (including phenoxy) is 1. The van der Waals surface area contributed by atoms with Gasteiger partial charge in [0.15, 0.2) is 17.3 Å². The number of nitrogen functional groups attached to an aromatic ring is 1. The molecule has 0 aliphatic carbocycles. The summed E-state index contributed by atoms with van der Waals surface area (Å²) in [5, 5.41) is 9.60. The number of imidazole rings is 1. The quantitative estimate of drug-likeness (QED) is 0.466. The van der Waals surface area contributed by atoms with Crippen molar-refractivity contribution < 1.29 is 9.13 Å². The van der Waals surface area contributed by atoms with Crippen LogP contribution < -0.4 is 10.5 Å². The molecule has 5 rings (SSSR count). The van der Waals surface area contributed by atoms with E-state index in [4.69, 9.17) is 10.5 Å². The standard InChI is InChI=1S/C23H17FN6O/c1-13-18-8-15(24)4-5-16(18)17-3-2-6-27-20(17)11-30-12-29-19(9-25)22(30)14-7-21(31-13)23(26)28-10-14/h2-8,10,12-13H,11H2,1H3,(H2,26,28)/t13-/m1/s1. The third-order valence-corrected chi connectivity index (χ3v) is 5.35. The molecule has 7 nitrogen and oxygen atoms in total. The second-order valence-corrected chi connectivity index (χ2v) is 7.28. The number of nitrogens with zero attached hydrogens (tertiary/aromatic N) is 5. The SMILES string of the molecule is C[C@H]1Oc2cc(cnc2N)-c2c(C#N)ncn2Cc2ncccc2-c2ccc(F)cc21. The minimum absolute atomic E-state index is 0.206. The largest absolute Gasteiger partial charge is 0.482 e. The first-order chi connectivity index (χ1) is 15.0. The fourth-order valence-corrected chi connectivity index (χ4v) is 3.91. The van der Waals surface area contributed by atoms with Gasteiger partial charge in [-0.1, -0.05) is 12.1 Å². The van der Waals surface area contributed by atoms with Gasteiger partial charge in [0.2, 0.25) is 0 Å². The van der Waals surface area contributed by atoms with Crippen LogP contribution in [0.3, 0.4) is 0 Å². The Kier molecular flexibility index (Phi) is 4.37. The number of hydrogen-bond donors (Lipinski definition) is 1. The summed E-state index contributed by atoms with van der Waals surface area (Å²) >= 11 is 0. The van der Waals surface area contributed by atoms with Gasteiger partial charge < -0.3 is 15.0 Å². The summed E-state index contributed by atoms with van der Waals surface area (Å²) < 4.78 is 22.2. The molecular formula is C23H17FN6O. The van der Waals surface area contributed by atoms with E-state index in [1.54, 1.807) is 30.9 Å². The predicted molar refractivity (Wildman–Crippen MR) is 112 cm³/mol. The Labute approximate surface area is 177 Å². The second-order valence-electron chi connectivity index (χ2n) is 7.28. The maximum absolute atomic E-state index is 14.2. The molecule has 8 heteroatoms. The number of benzene rings is 1. The highest BCUT2D eigenvalue weighted by Crippen LogP contribution is 2.37. The summed E-state index contributed by atoms with van der Waals surface area (Å²) in [5.74, 6) is 0.197. The van der Waals surface area contributed by atoms with Crippen LogP contribution in [0, 0.1) is 17.1 Å². The molecule has 1 aromatic carbocycles. The molecule has 2 bridgehead atoms. The van der Waals surface area contributed by atoms with Gasteiger partial charge in [-0.15, -0.1) is 0 Å². The van der Waals surface area contributed by atoms with Gasteiger partial charge >= 0.3 is 0 Å². The number of nitrogens with two attached hydrogens (primary N) is 1. The molecule has 0 saturated heterocycles. The molecule has 4 heterocycles. The molecule has 2 N–H and O–H groups in total. The lowest BCUT2D eigenvalue weighted by Gasteiger charge is -2.22. The van der Waals surface area contributed by atoms with Gasteiger partial charge in [0.25, 0.3) is 0 Å². The van der Waals surface area contributed by atoms with E-state index in [2.05, 4.69) is 21.0 Å². The molecule has 1 atom stereocenters. The fraction of sp³-hybridized carbons (Fsp3) is 0.130. The number of aromatic nitrogens is 4. The van der Waals surface area contributed by atoms with E-state index < -0.39 is 6.10 Å². The predicted octanol–water partition coefficient (Wildman–Crippen LogP) is 4.10. The summed E-state index contributed by atoms with van der Waals surface area (Å²) in [5.41, 5.74) is 10.7. The van der Waals surface area contributed by atoms with E-state index in [1.807, 2.05) is 23.6 Å². The fourth-order valence-electron chi connectivity index (χ4n) is 3.91. The van der Waals surface area contributed by atoms with Crippen molar-refractivity contribution in [3.05, 3.63) is 77.9 Å². The van der Waals surface area contributed by atoms with Gasteiger partial charge in [0.05, 0.1) is 24.3 Å². The van der Waals surface area contributed by atoms with Gasteiger partial charge in [-0.25, -0.2) is 14.4 Å². The highest BCUT2D eigenvalue weighted by Gasteiger charge is 2.22. The number of anilines is 1. The maximum atomic E-state index is 14.2. The van der Waals surface area contributed by atoms with Crippen LogP contribution in [0.1, 0.15) is 30.0 Å². The van der Waals surface area contributed by atoms with Crippen molar-refractivity contribution >= 4 is 5.82 Å². The van der Waals surface area contributed by atoms with Crippen molar-refractivity contribution in [2.75, 3.05) is 5.73 Å². The molecule has 0 saturated carbocycles. The molecular weight excluding hydrogens is 395 g/mol. The Hall–Kier alpha value is -4.25. The van der Waals surface area contributed by atoms with Crippen LogP contribution >= 0.6 is 0 Å². The minimum atomic E-state index is -0.516. The van der Waals surface area contributed by atoms with Gasteiger partial charge in [-0.05, 0) is 36.8 Å². The molecule has 0 amide bonds. The van der Waals surface area contributed by atoms with E-state index in [0.717, 1.165) is 16.8 Å². The number of halogens is 1. The van der Waals surface area contributed by atoms with Crippen LogP contribution in [-0.2, 0) is 6.54 Å². The van der Waals surface area contributed by atoms with Crippen molar-refractivity contribution in [1.82, 2.24) is 19.5 Å².